The van der Waals surface area contributed by atoms with E-state index in [1.165, 1.54) is 0 Å². The van der Waals surface area contributed by atoms with Crippen LogP contribution in [0.3, 0.4) is 0 Å². The van der Waals surface area contributed by atoms with Gasteiger partial charge in [0.25, 0.3) is 5.91 Å². The van der Waals surface area contributed by atoms with Crippen molar-refractivity contribution in [1.29, 1.82) is 0 Å². The summed E-state index contributed by atoms with van der Waals surface area (Å²) >= 11 is 3.41. The lowest BCUT2D eigenvalue weighted by Gasteiger charge is -2.17. The molecule has 3 aromatic rings. The number of amides is 1. The van der Waals surface area contributed by atoms with Crippen LogP contribution in [-0.2, 0) is 6.54 Å². The first-order valence-corrected chi connectivity index (χ1v) is 7.87. The second-order valence-corrected chi connectivity index (χ2v) is 6.08. The number of imidazole rings is 1. The maximum atomic E-state index is 12.5. The fourth-order valence-corrected chi connectivity index (χ4v) is 2.48. The Bertz CT molecular complexity index is 782. The molecule has 1 aromatic carbocycles. The topological polar surface area (TPSA) is 51.0 Å². The van der Waals surface area contributed by atoms with Crippen LogP contribution >= 0.6 is 15.9 Å². The monoisotopic (exact) mass is 370 g/mol. The second-order valence-electron chi connectivity index (χ2n) is 5.16. The van der Waals surface area contributed by atoms with E-state index in [0.717, 1.165) is 15.9 Å². The highest BCUT2D eigenvalue weighted by molar-refractivity contribution is 9.10. The number of hydrogen-bond acceptors (Lipinski definition) is 3. The molecule has 0 saturated heterocycles. The summed E-state index contributed by atoms with van der Waals surface area (Å²) in [6, 6.07) is 11.5. The Morgan fingerprint density at radius 1 is 1.22 bits per heavy atom. The van der Waals surface area contributed by atoms with E-state index in [1.54, 1.807) is 41.3 Å². The molecule has 0 spiro atoms. The summed E-state index contributed by atoms with van der Waals surface area (Å²) in [7, 11) is 1.79. The number of halogens is 1. The van der Waals surface area contributed by atoms with Crippen molar-refractivity contribution in [3.8, 4) is 5.82 Å². The third-order valence-electron chi connectivity index (χ3n) is 3.44. The Hall–Kier alpha value is -2.47. The van der Waals surface area contributed by atoms with Gasteiger partial charge in [0.2, 0.25) is 0 Å². The zero-order chi connectivity index (χ0) is 16.2. The molecule has 6 heteroatoms. The smallest absolute Gasteiger partial charge is 0.255 e. The van der Waals surface area contributed by atoms with E-state index in [-0.39, 0.29) is 5.91 Å². The van der Waals surface area contributed by atoms with Gasteiger partial charge in [-0.2, -0.15) is 0 Å². The second kappa shape index (κ2) is 6.75. The third kappa shape index (κ3) is 3.65. The molecule has 1 amide bonds. The minimum absolute atomic E-state index is 0.0578. The summed E-state index contributed by atoms with van der Waals surface area (Å²) in [5.41, 5.74) is 1.64. The zero-order valence-corrected chi connectivity index (χ0v) is 14.1. The van der Waals surface area contributed by atoms with E-state index >= 15 is 0 Å². The minimum atomic E-state index is -0.0578. The van der Waals surface area contributed by atoms with Crippen molar-refractivity contribution in [1.82, 2.24) is 19.4 Å². The van der Waals surface area contributed by atoms with Crippen molar-refractivity contribution in [2.75, 3.05) is 7.05 Å². The maximum absolute atomic E-state index is 12.5. The molecule has 5 nitrogen and oxygen atoms in total. The molecule has 0 fully saturated rings. The molecular weight excluding hydrogens is 356 g/mol. The first-order chi connectivity index (χ1) is 11.1. The normalized spacial score (nSPS) is 10.5. The first-order valence-electron chi connectivity index (χ1n) is 7.08. The van der Waals surface area contributed by atoms with Crippen LogP contribution in [-0.4, -0.2) is 32.4 Å². The SMILES string of the molecule is CN(Cc1ccc(Br)cc1)C(=O)c1ccc(-n2ccnc2)nc1. The van der Waals surface area contributed by atoms with Crippen LogP contribution in [0.15, 0.2) is 65.8 Å². The summed E-state index contributed by atoms with van der Waals surface area (Å²) in [5.74, 6) is 0.673. The number of carbonyl (C=O) groups is 1. The number of hydrogen-bond donors (Lipinski definition) is 0. The Labute approximate surface area is 142 Å². The summed E-state index contributed by atoms with van der Waals surface area (Å²) in [6.07, 6.45) is 6.76. The van der Waals surface area contributed by atoms with Gasteiger partial charge in [-0.3, -0.25) is 9.36 Å². The summed E-state index contributed by atoms with van der Waals surface area (Å²) < 4.78 is 2.81. The molecule has 2 heterocycles. The highest BCUT2D eigenvalue weighted by atomic mass is 79.9. The van der Waals surface area contributed by atoms with Crippen molar-refractivity contribution in [2.24, 2.45) is 0 Å². The number of aromatic nitrogens is 3. The lowest BCUT2D eigenvalue weighted by Crippen LogP contribution is -2.26. The maximum Gasteiger partial charge on any atom is 0.255 e. The molecule has 0 bridgehead atoms. The first kappa shape index (κ1) is 15.4. The highest BCUT2D eigenvalue weighted by Gasteiger charge is 2.12. The van der Waals surface area contributed by atoms with E-state index in [9.17, 15) is 4.79 Å². The number of nitrogens with zero attached hydrogens (tertiary/aromatic N) is 4. The average Bonchev–Trinajstić information content (AvgIpc) is 3.11. The minimum Gasteiger partial charge on any atom is -0.337 e. The molecule has 0 aliphatic heterocycles. The van der Waals surface area contributed by atoms with Crippen LogP contribution in [0.1, 0.15) is 15.9 Å². The summed E-state index contributed by atoms with van der Waals surface area (Å²) in [4.78, 5) is 22.4. The molecule has 2 aromatic heterocycles. The molecular formula is C17H15BrN4O. The summed E-state index contributed by atoms with van der Waals surface area (Å²) in [6.45, 7) is 0.551. The van der Waals surface area contributed by atoms with Gasteiger partial charge in [-0.15, -0.1) is 0 Å². The van der Waals surface area contributed by atoms with Crippen LogP contribution in [0, 0.1) is 0 Å². The Morgan fingerprint density at radius 2 is 2.00 bits per heavy atom. The Balaban J connectivity index is 1.70. The number of rotatable bonds is 4. The van der Waals surface area contributed by atoms with Crippen LogP contribution < -0.4 is 0 Å². The lowest BCUT2D eigenvalue weighted by atomic mass is 10.2. The molecule has 0 aliphatic rings. The zero-order valence-electron chi connectivity index (χ0n) is 12.6. The third-order valence-corrected chi connectivity index (χ3v) is 3.97. The van der Waals surface area contributed by atoms with Crippen molar-refractivity contribution in [3.63, 3.8) is 0 Å². The van der Waals surface area contributed by atoms with Crippen molar-refractivity contribution < 1.29 is 4.79 Å². The Morgan fingerprint density at radius 3 is 2.61 bits per heavy atom. The van der Waals surface area contributed by atoms with Crippen LogP contribution in [0.5, 0.6) is 0 Å². The molecule has 0 radical (unpaired) electrons. The van der Waals surface area contributed by atoms with Crippen molar-refractivity contribution >= 4 is 21.8 Å². The molecule has 0 N–H and O–H groups in total. The molecule has 0 aliphatic carbocycles. The van der Waals surface area contributed by atoms with Gasteiger partial charge >= 0.3 is 0 Å². The standard InChI is InChI=1S/C17H15BrN4O/c1-21(11-13-2-5-15(18)6-3-13)17(23)14-4-7-16(20-10-14)22-9-8-19-12-22/h2-10,12H,11H2,1H3. The van der Waals surface area contributed by atoms with Crippen LogP contribution in [0.25, 0.3) is 5.82 Å². The fraction of sp³-hybridized carbons (Fsp3) is 0.118. The quantitative estimate of drug-likeness (QED) is 0.707. The van der Waals surface area contributed by atoms with Crippen LogP contribution in [0.4, 0.5) is 0 Å². The average molecular weight is 371 g/mol. The lowest BCUT2D eigenvalue weighted by molar-refractivity contribution is 0.0784. The van der Waals surface area contributed by atoms with E-state index in [2.05, 4.69) is 25.9 Å². The molecule has 0 atom stereocenters. The van der Waals surface area contributed by atoms with Crippen molar-refractivity contribution in [3.05, 3.63) is 76.9 Å². The van der Waals surface area contributed by atoms with Gasteiger partial charge in [0.15, 0.2) is 0 Å². The number of carbonyl (C=O) groups excluding carboxylic acids is 1. The number of benzene rings is 1. The van der Waals surface area contributed by atoms with E-state index < -0.39 is 0 Å². The van der Waals surface area contributed by atoms with Gasteiger partial charge in [-0.1, -0.05) is 28.1 Å². The molecule has 0 saturated carbocycles. The van der Waals surface area contributed by atoms with E-state index in [4.69, 9.17) is 0 Å². The highest BCUT2D eigenvalue weighted by Crippen LogP contribution is 2.13. The molecule has 3 rings (SSSR count). The van der Waals surface area contributed by atoms with Gasteiger partial charge in [0.05, 0.1) is 5.56 Å². The van der Waals surface area contributed by atoms with E-state index in [1.807, 2.05) is 36.5 Å². The molecule has 0 unspecified atom stereocenters. The van der Waals surface area contributed by atoms with Crippen LogP contribution in [0.2, 0.25) is 0 Å². The predicted octanol–water partition coefficient (Wildman–Crippen LogP) is 3.30. The van der Waals surface area contributed by atoms with E-state index in [0.29, 0.717) is 12.1 Å². The van der Waals surface area contributed by atoms with Gasteiger partial charge in [-0.25, -0.2) is 9.97 Å². The van der Waals surface area contributed by atoms with Gasteiger partial charge in [0, 0.05) is 36.7 Å². The van der Waals surface area contributed by atoms with Crippen molar-refractivity contribution in [2.45, 2.75) is 6.54 Å². The predicted molar refractivity (Wildman–Crippen MR) is 91.3 cm³/mol. The summed E-state index contributed by atoms with van der Waals surface area (Å²) in [5, 5.41) is 0. The molecule has 116 valence electrons. The molecule has 23 heavy (non-hydrogen) atoms. The fourth-order valence-electron chi connectivity index (χ4n) is 2.22. The number of pyridine rings is 1. The van der Waals surface area contributed by atoms with Gasteiger partial charge in [0.1, 0.15) is 12.1 Å². The Kier molecular flexibility index (Phi) is 4.52. The van der Waals surface area contributed by atoms with Gasteiger partial charge < -0.3 is 4.90 Å². The largest absolute Gasteiger partial charge is 0.337 e. The van der Waals surface area contributed by atoms with Gasteiger partial charge in [-0.05, 0) is 29.8 Å².